The number of rotatable bonds is 4. The molecule has 0 aliphatic carbocycles. The lowest BCUT2D eigenvalue weighted by molar-refractivity contribution is 0.141. The second-order valence-electron chi connectivity index (χ2n) is 5.77. The molecule has 0 aromatic heterocycles. The highest BCUT2D eigenvalue weighted by molar-refractivity contribution is 7.89. The van der Waals surface area contributed by atoms with Crippen molar-refractivity contribution in [3.05, 3.63) is 24.0 Å². The van der Waals surface area contributed by atoms with Gasteiger partial charge >= 0.3 is 0 Å². The Morgan fingerprint density at radius 2 is 1.81 bits per heavy atom. The van der Waals surface area contributed by atoms with Gasteiger partial charge in [0, 0.05) is 13.1 Å². The molecule has 2 N–H and O–H groups in total. The van der Waals surface area contributed by atoms with Crippen LogP contribution in [0.2, 0.25) is 0 Å². The van der Waals surface area contributed by atoms with Gasteiger partial charge in [0.25, 0.3) is 0 Å². The number of nitrogens with zero attached hydrogens (tertiary/aromatic N) is 1. The Kier molecular flexibility index (Phi) is 4.58. The molecule has 4 nitrogen and oxygen atoms in total. The molecule has 1 fully saturated rings. The highest BCUT2D eigenvalue weighted by atomic mass is 32.2. The smallest absolute Gasteiger partial charge is 0.248 e. The Morgan fingerprint density at radius 3 is 2.29 bits per heavy atom. The van der Waals surface area contributed by atoms with Gasteiger partial charge in [-0.05, 0) is 30.4 Å². The van der Waals surface area contributed by atoms with Gasteiger partial charge < -0.3 is 5.73 Å². The first-order valence-corrected chi connectivity index (χ1v) is 8.84. The summed E-state index contributed by atoms with van der Waals surface area (Å²) in [6, 6.07) is 3.97. The van der Waals surface area contributed by atoms with Crippen LogP contribution in [0.1, 0.15) is 39.5 Å². The van der Waals surface area contributed by atoms with Gasteiger partial charge in [-0.15, -0.1) is 0 Å². The molecular formula is C15H23FN2O2S. The molecule has 118 valence electrons. The fourth-order valence-corrected chi connectivity index (χ4v) is 4.69. The second kappa shape index (κ2) is 5.93. The summed E-state index contributed by atoms with van der Waals surface area (Å²) in [5.41, 5.74) is 5.86. The van der Waals surface area contributed by atoms with E-state index in [1.54, 1.807) is 0 Å². The number of nitrogen functional groups attached to an aromatic ring is 1. The molecule has 21 heavy (non-hydrogen) atoms. The Balaban J connectivity index is 2.27. The monoisotopic (exact) mass is 314 g/mol. The van der Waals surface area contributed by atoms with Gasteiger partial charge in [-0.1, -0.05) is 32.8 Å². The number of hydrogen-bond acceptors (Lipinski definition) is 3. The Morgan fingerprint density at radius 1 is 1.24 bits per heavy atom. The first-order chi connectivity index (χ1) is 9.86. The van der Waals surface area contributed by atoms with Gasteiger partial charge in [-0.25, -0.2) is 12.8 Å². The lowest BCUT2D eigenvalue weighted by Gasteiger charge is -2.40. The highest BCUT2D eigenvalue weighted by Gasteiger charge is 2.37. The number of sulfonamides is 1. The van der Waals surface area contributed by atoms with Crippen LogP contribution in [-0.2, 0) is 10.0 Å². The fourth-order valence-electron chi connectivity index (χ4n) is 3.08. The van der Waals surface area contributed by atoms with Crippen LogP contribution in [0, 0.1) is 11.2 Å². The van der Waals surface area contributed by atoms with Gasteiger partial charge in [0.2, 0.25) is 10.0 Å². The fraction of sp³-hybridized carbons (Fsp3) is 0.600. The van der Waals surface area contributed by atoms with E-state index >= 15 is 0 Å². The third kappa shape index (κ3) is 2.92. The molecule has 2 rings (SSSR count). The topological polar surface area (TPSA) is 63.4 Å². The molecule has 1 aliphatic rings. The summed E-state index contributed by atoms with van der Waals surface area (Å²) < 4.78 is 40.5. The average molecular weight is 314 g/mol. The first kappa shape index (κ1) is 16.2. The molecule has 0 atom stereocenters. The Hall–Kier alpha value is -1.14. The van der Waals surface area contributed by atoms with Crippen LogP contribution in [0.3, 0.4) is 0 Å². The van der Waals surface area contributed by atoms with Crippen LogP contribution < -0.4 is 5.73 Å². The summed E-state index contributed by atoms with van der Waals surface area (Å²) in [7, 11) is -3.86. The van der Waals surface area contributed by atoms with E-state index in [-0.39, 0.29) is 16.0 Å². The molecule has 1 aromatic carbocycles. The van der Waals surface area contributed by atoms with Crippen molar-refractivity contribution in [3.63, 3.8) is 0 Å². The molecule has 1 heterocycles. The largest absolute Gasteiger partial charge is 0.398 e. The Labute approximate surface area is 126 Å². The lowest BCUT2D eigenvalue weighted by atomic mass is 9.75. The van der Waals surface area contributed by atoms with Gasteiger partial charge in [0.05, 0.1) is 5.69 Å². The molecule has 0 saturated carbocycles. The van der Waals surface area contributed by atoms with E-state index in [4.69, 9.17) is 5.73 Å². The van der Waals surface area contributed by atoms with Crippen LogP contribution in [0.5, 0.6) is 0 Å². The third-order valence-electron chi connectivity index (χ3n) is 4.88. The zero-order chi connectivity index (χ0) is 15.7. The third-order valence-corrected chi connectivity index (χ3v) is 6.87. The van der Waals surface area contributed by atoms with Crippen LogP contribution in [-0.4, -0.2) is 25.8 Å². The van der Waals surface area contributed by atoms with Gasteiger partial charge in [-0.2, -0.15) is 4.31 Å². The number of benzene rings is 1. The van der Waals surface area contributed by atoms with Gasteiger partial charge in [0.15, 0.2) is 0 Å². The standard InChI is InChI=1S/C15H23FN2O2S/c1-3-15(4-2)8-10-18(11-9-15)21(19,20)14-12(16)6-5-7-13(14)17/h5-7H,3-4,8-11,17H2,1-2H3. The van der Waals surface area contributed by atoms with Crippen molar-refractivity contribution in [1.29, 1.82) is 0 Å². The maximum absolute atomic E-state index is 13.9. The predicted octanol–water partition coefficient (Wildman–Crippen LogP) is 3.00. The van der Waals surface area contributed by atoms with Gasteiger partial charge in [-0.3, -0.25) is 0 Å². The number of halogens is 1. The van der Waals surface area contributed by atoms with Crippen molar-refractivity contribution < 1.29 is 12.8 Å². The zero-order valence-corrected chi connectivity index (χ0v) is 13.4. The number of anilines is 1. The maximum atomic E-state index is 13.9. The maximum Gasteiger partial charge on any atom is 0.248 e. The molecule has 0 spiro atoms. The second-order valence-corrected chi connectivity index (χ2v) is 7.64. The van der Waals surface area contributed by atoms with Crippen molar-refractivity contribution in [1.82, 2.24) is 4.31 Å². The predicted molar refractivity (Wildman–Crippen MR) is 81.8 cm³/mol. The normalized spacial score (nSPS) is 19.6. The minimum absolute atomic E-state index is 0.0298. The van der Waals surface area contributed by atoms with Crippen LogP contribution in [0.4, 0.5) is 10.1 Å². The molecular weight excluding hydrogens is 291 g/mol. The number of hydrogen-bond donors (Lipinski definition) is 1. The highest BCUT2D eigenvalue weighted by Crippen LogP contribution is 2.39. The molecule has 0 amide bonds. The summed E-state index contributed by atoms with van der Waals surface area (Å²) >= 11 is 0. The molecule has 0 unspecified atom stereocenters. The average Bonchev–Trinajstić information content (AvgIpc) is 2.47. The minimum atomic E-state index is -3.86. The molecule has 0 bridgehead atoms. The zero-order valence-electron chi connectivity index (χ0n) is 12.6. The van der Waals surface area contributed by atoms with E-state index in [1.807, 2.05) is 0 Å². The summed E-state index contributed by atoms with van der Waals surface area (Å²) in [5, 5.41) is 0. The van der Waals surface area contributed by atoms with E-state index in [0.29, 0.717) is 13.1 Å². The summed E-state index contributed by atoms with van der Waals surface area (Å²) in [6.45, 7) is 5.14. The molecule has 1 aliphatic heterocycles. The van der Waals surface area contributed by atoms with E-state index < -0.39 is 15.8 Å². The first-order valence-electron chi connectivity index (χ1n) is 7.40. The van der Waals surface area contributed by atoms with Crippen molar-refractivity contribution in [2.24, 2.45) is 5.41 Å². The summed E-state index contributed by atoms with van der Waals surface area (Å²) in [4.78, 5) is -0.384. The van der Waals surface area contributed by atoms with Gasteiger partial charge in [0.1, 0.15) is 10.7 Å². The van der Waals surface area contributed by atoms with Crippen molar-refractivity contribution in [2.75, 3.05) is 18.8 Å². The van der Waals surface area contributed by atoms with Crippen LogP contribution >= 0.6 is 0 Å². The molecule has 1 saturated heterocycles. The van der Waals surface area contributed by atoms with Crippen molar-refractivity contribution in [3.8, 4) is 0 Å². The van der Waals surface area contributed by atoms with E-state index in [0.717, 1.165) is 31.7 Å². The van der Waals surface area contributed by atoms with Crippen molar-refractivity contribution in [2.45, 2.75) is 44.4 Å². The van der Waals surface area contributed by atoms with Crippen LogP contribution in [0.25, 0.3) is 0 Å². The molecule has 0 radical (unpaired) electrons. The SMILES string of the molecule is CCC1(CC)CCN(S(=O)(=O)c2c(N)cccc2F)CC1. The van der Waals surface area contributed by atoms with Crippen LogP contribution in [0.15, 0.2) is 23.1 Å². The number of nitrogens with two attached hydrogens (primary N) is 1. The molecule has 1 aromatic rings. The molecule has 6 heteroatoms. The Bertz CT molecular complexity index is 582. The quantitative estimate of drug-likeness (QED) is 0.869. The van der Waals surface area contributed by atoms with E-state index in [9.17, 15) is 12.8 Å². The van der Waals surface area contributed by atoms with E-state index in [2.05, 4.69) is 13.8 Å². The van der Waals surface area contributed by atoms with E-state index in [1.165, 1.54) is 16.4 Å². The van der Waals surface area contributed by atoms with Crippen molar-refractivity contribution >= 4 is 15.7 Å². The minimum Gasteiger partial charge on any atom is -0.398 e. The number of piperidine rings is 1. The summed E-state index contributed by atoms with van der Waals surface area (Å²) in [5.74, 6) is -0.780. The lowest BCUT2D eigenvalue weighted by Crippen LogP contribution is -2.43. The summed E-state index contributed by atoms with van der Waals surface area (Å²) in [6.07, 6.45) is 3.71.